The van der Waals surface area contributed by atoms with Crippen LogP contribution in [0.5, 0.6) is 0 Å². The highest BCUT2D eigenvalue weighted by atomic mass is 19.4. The topological polar surface area (TPSA) is 78.6 Å². The first-order valence-electron chi connectivity index (χ1n) is 6.80. The standard InChI is InChI=1S/C13H18F3N3O3/c1-3-5-18(6-4-2)12-10(17-20)7-9(13(14,15)16)8-11(12)19(21)22/h7-8,17,20H,3-6H2,1-2H3. The molecule has 0 heterocycles. The molecule has 0 aliphatic carbocycles. The van der Waals surface area contributed by atoms with Crippen molar-refractivity contribution in [3.8, 4) is 0 Å². The summed E-state index contributed by atoms with van der Waals surface area (Å²) < 4.78 is 38.5. The zero-order chi connectivity index (χ0) is 16.9. The molecule has 0 aliphatic rings. The first-order valence-corrected chi connectivity index (χ1v) is 6.80. The molecule has 22 heavy (non-hydrogen) atoms. The van der Waals surface area contributed by atoms with Crippen LogP contribution < -0.4 is 10.4 Å². The summed E-state index contributed by atoms with van der Waals surface area (Å²) in [4.78, 5) is 11.9. The van der Waals surface area contributed by atoms with Gasteiger partial charge in [-0.05, 0) is 18.9 Å². The monoisotopic (exact) mass is 321 g/mol. The fourth-order valence-corrected chi connectivity index (χ4v) is 2.21. The molecule has 124 valence electrons. The number of nitro benzene ring substituents is 1. The van der Waals surface area contributed by atoms with E-state index in [4.69, 9.17) is 5.21 Å². The van der Waals surface area contributed by atoms with Gasteiger partial charge in [0.25, 0.3) is 5.69 Å². The average molecular weight is 321 g/mol. The second-order valence-electron chi connectivity index (χ2n) is 4.75. The highest BCUT2D eigenvalue weighted by Gasteiger charge is 2.35. The van der Waals surface area contributed by atoms with Crippen LogP contribution in [0.25, 0.3) is 0 Å². The minimum Gasteiger partial charge on any atom is -0.364 e. The Balaban J connectivity index is 3.56. The van der Waals surface area contributed by atoms with Gasteiger partial charge in [0.2, 0.25) is 0 Å². The Morgan fingerprint density at radius 2 is 1.82 bits per heavy atom. The number of halogens is 3. The molecule has 0 bridgehead atoms. The summed E-state index contributed by atoms with van der Waals surface area (Å²) in [7, 11) is 0. The van der Waals surface area contributed by atoms with Gasteiger partial charge < -0.3 is 4.90 Å². The number of nitro groups is 1. The van der Waals surface area contributed by atoms with E-state index in [1.807, 2.05) is 13.8 Å². The minimum absolute atomic E-state index is 0.0378. The van der Waals surface area contributed by atoms with E-state index in [0.717, 1.165) is 0 Å². The number of alkyl halides is 3. The van der Waals surface area contributed by atoms with Gasteiger partial charge >= 0.3 is 6.18 Å². The minimum atomic E-state index is -4.74. The zero-order valence-electron chi connectivity index (χ0n) is 12.3. The Labute approximate surface area is 125 Å². The third-order valence-electron chi connectivity index (χ3n) is 3.04. The Morgan fingerprint density at radius 1 is 1.27 bits per heavy atom. The Kier molecular flexibility index (Phi) is 5.98. The van der Waals surface area contributed by atoms with E-state index in [-0.39, 0.29) is 11.4 Å². The maximum atomic E-state index is 12.8. The van der Waals surface area contributed by atoms with Crippen LogP contribution >= 0.6 is 0 Å². The molecule has 1 aromatic carbocycles. The summed E-state index contributed by atoms with van der Waals surface area (Å²) in [6, 6.07) is 1.16. The molecule has 0 unspecified atom stereocenters. The number of rotatable bonds is 7. The van der Waals surface area contributed by atoms with Crippen LogP contribution in [-0.4, -0.2) is 23.2 Å². The molecule has 0 radical (unpaired) electrons. The molecular formula is C13H18F3N3O3. The van der Waals surface area contributed by atoms with Crippen molar-refractivity contribution >= 4 is 17.1 Å². The first-order chi connectivity index (χ1) is 10.3. The van der Waals surface area contributed by atoms with Crippen molar-refractivity contribution in [3.63, 3.8) is 0 Å². The van der Waals surface area contributed by atoms with Crippen molar-refractivity contribution in [1.82, 2.24) is 0 Å². The van der Waals surface area contributed by atoms with E-state index < -0.39 is 22.4 Å². The summed E-state index contributed by atoms with van der Waals surface area (Å²) in [5, 5.41) is 20.3. The van der Waals surface area contributed by atoms with Gasteiger partial charge in [-0.1, -0.05) is 13.8 Å². The fourth-order valence-electron chi connectivity index (χ4n) is 2.21. The quantitative estimate of drug-likeness (QED) is 0.585. The lowest BCUT2D eigenvalue weighted by molar-refractivity contribution is -0.384. The number of hydrogen-bond donors (Lipinski definition) is 2. The van der Waals surface area contributed by atoms with Crippen molar-refractivity contribution in [3.05, 3.63) is 27.8 Å². The number of hydrogen-bond acceptors (Lipinski definition) is 5. The molecule has 0 spiro atoms. The van der Waals surface area contributed by atoms with Gasteiger partial charge in [-0.25, -0.2) is 0 Å². The van der Waals surface area contributed by atoms with Gasteiger partial charge in [0, 0.05) is 19.2 Å². The average Bonchev–Trinajstić information content (AvgIpc) is 2.44. The molecule has 0 saturated carbocycles. The van der Waals surface area contributed by atoms with Gasteiger partial charge in [-0.3, -0.25) is 20.8 Å². The summed E-state index contributed by atoms with van der Waals surface area (Å²) in [6.07, 6.45) is -3.43. The smallest absolute Gasteiger partial charge is 0.364 e. The molecule has 0 fully saturated rings. The van der Waals surface area contributed by atoms with Crippen LogP contribution in [0.1, 0.15) is 32.3 Å². The molecule has 2 N–H and O–H groups in total. The molecule has 0 saturated heterocycles. The second kappa shape index (κ2) is 7.30. The van der Waals surface area contributed by atoms with E-state index in [0.29, 0.717) is 38.1 Å². The van der Waals surface area contributed by atoms with Crippen LogP contribution in [0.4, 0.5) is 30.2 Å². The van der Waals surface area contributed by atoms with Crippen molar-refractivity contribution in [2.45, 2.75) is 32.9 Å². The SMILES string of the molecule is CCCN(CCC)c1c(NO)cc(C(F)(F)F)cc1[N+](=O)[O-]. The zero-order valence-corrected chi connectivity index (χ0v) is 12.3. The van der Waals surface area contributed by atoms with Crippen molar-refractivity contribution in [2.24, 2.45) is 0 Å². The lowest BCUT2D eigenvalue weighted by atomic mass is 10.1. The summed E-state index contributed by atoms with van der Waals surface area (Å²) in [5.74, 6) is 0. The number of nitrogens with one attached hydrogen (secondary N) is 1. The Bertz CT molecular complexity index is 529. The lowest BCUT2D eigenvalue weighted by Crippen LogP contribution is -2.27. The fraction of sp³-hybridized carbons (Fsp3) is 0.538. The van der Waals surface area contributed by atoms with Crippen molar-refractivity contribution in [2.75, 3.05) is 23.5 Å². The Morgan fingerprint density at radius 3 is 2.18 bits per heavy atom. The first kappa shape index (κ1) is 18.0. The van der Waals surface area contributed by atoms with Gasteiger partial charge in [0.1, 0.15) is 5.69 Å². The van der Waals surface area contributed by atoms with Gasteiger partial charge in [0.15, 0.2) is 0 Å². The third-order valence-corrected chi connectivity index (χ3v) is 3.04. The lowest BCUT2D eigenvalue weighted by Gasteiger charge is -2.26. The van der Waals surface area contributed by atoms with E-state index >= 15 is 0 Å². The predicted octanol–water partition coefficient (Wildman–Crippen LogP) is 4.04. The molecule has 9 heteroatoms. The van der Waals surface area contributed by atoms with Crippen LogP contribution in [-0.2, 0) is 6.18 Å². The summed E-state index contributed by atoms with van der Waals surface area (Å²) in [5.41, 5.74) is -0.588. The Hall–Kier alpha value is -2.03. The second-order valence-corrected chi connectivity index (χ2v) is 4.75. The maximum absolute atomic E-state index is 12.8. The molecular weight excluding hydrogens is 303 g/mol. The van der Waals surface area contributed by atoms with Crippen LogP contribution in [0.2, 0.25) is 0 Å². The van der Waals surface area contributed by atoms with Crippen molar-refractivity contribution in [1.29, 1.82) is 0 Å². The predicted molar refractivity (Wildman–Crippen MR) is 76.3 cm³/mol. The summed E-state index contributed by atoms with van der Waals surface area (Å²) >= 11 is 0. The molecule has 6 nitrogen and oxygen atoms in total. The highest BCUT2D eigenvalue weighted by Crippen LogP contribution is 2.42. The molecule has 1 aromatic rings. The molecule has 1 rings (SSSR count). The molecule has 0 aliphatic heterocycles. The van der Waals surface area contributed by atoms with Crippen molar-refractivity contribution < 1.29 is 23.3 Å². The number of benzene rings is 1. The van der Waals surface area contributed by atoms with Gasteiger partial charge in [0.05, 0.1) is 16.2 Å². The van der Waals surface area contributed by atoms with E-state index in [1.165, 1.54) is 0 Å². The van der Waals surface area contributed by atoms with Crippen LogP contribution in [0.3, 0.4) is 0 Å². The molecule has 0 amide bonds. The largest absolute Gasteiger partial charge is 0.416 e. The van der Waals surface area contributed by atoms with Gasteiger partial charge in [-0.2, -0.15) is 13.2 Å². The highest BCUT2D eigenvalue weighted by molar-refractivity contribution is 5.80. The molecule has 0 atom stereocenters. The third kappa shape index (κ3) is 4.00. The van der Waals surface area contributed by atoms with E-state index in [9.17, 15) is 23.3 Å². The summed E-state index contributed by atoms with van der Waals surface area (Å²) in [6.45, 7) is 4.55. The van der Waals surface area contributed by atoms with E-state index in [1.54, 1.807) is 10.4 Å². The van der Waals surface area contributed by atoms with Crippen LogP contribution in [0, 0.1) is 10.1 Å². The normalized spacial score (nSPS) is 11.4. The maximum Gasteiger partial charge on any atom is 0.416 e. The molecule has 0 aromatic heterocycles. The van der Waals surface area contributed by atoms with E-state index in [2.05, 4.69) is 0 Å². The van der Waals surface area contributed by atoms with Crippen LogP contribution in [0.15, 0.2) is 12.1 Å². The number of anilines is 2. The number of nitrogens with zero attached hydrogens (tertiary/aromatic N) is 2. The van der Waals surface area contributed by atoms with Gasteiger partial charge in [-0.15, -0.1) is 0 Å².